The van der Waals surface area contributed by atoms with Crippen LogP contribution in [-0.4, -0.2) is 20.3 Å². The third kappa shape index (κ3) is 8.98. The van der Waals surface area contributed by atoms with E-state index in [-0.39, 0.29) is 46.1 Å². The maximum Gasteiger partial charge on any atom is 0.0710 e. The molecule has 2 aromatic carbocycles. The summed E-state index contributed by atoms with van der Waals surface area (Å²) >= 11 is 0. The van der Waals surface area contributed by atoms with Crippen molar-refractivity contribution in [3.8, 4) is 0 Å². The third-order valence-corrected chi connectivity index (χ3v) is 12.6. The van der Waals surface area contributed by atoms with Gasteiger partial charge in [0.25, 0.3) is 0 Å². The number of hydrogen-bond donors (Lipinski definition) is 0. The maximum atomic E-state index is 4.93. The van der Waals surface area contributed by atoms with Gasteiger partial charge in [-0.3, -0.25) is 9.97 Å². The zero-order chi connectivity index (χ0) is 31.6. The first-order valence-electron chi connectivity index (χ1n) is 15.2. The fraction of sp³-hybridized carbons (Fsp3) is 0.474. The predicted octanol–water partition coefficient (Wildman–Crippen LogP) is 10.9. The standard InChI is InChI=1S/C33H49N2P2.C5H5.Fe/c1-29(2,3)25-21-24(33(36,26-17-13-15-19-34-26)27-18-14-16-20-35-27)23(28(25)30(4,5)6)22-37(31(7,8)9)32(10,11)12;1-2-4-5-3-1;/h13-21H,22,36H2,1-12H3;1-5H;/q-1;-5;. The Morgan fingerprint density at radius 3 is 1.40 bits per heavy atom. The Labute approximate surface area is 277 Å². The van der Waals surface area contributed by atoms with Gasteiger partial charge in [-0.15, -0.1) is 28.3 Å². The smallest absolute Gasteiger partial charge is 0.0710 e. The minimum Gasteiger partial charge on any atom is -0.748 e. The zero-order valence-corrected chi connectivity index (χ0v) is 31.7. The van der Waals surface area contributed by atoms with E-state index in [0.29, 0.717) is 0 Å². The van der Waals surface area contributed by atoms with Crippen molar-refractivity contribution in [2.24, 2.45) is 0 Å². The van der Waals surface area contributed by atoms with E-state index in [9.17, 15) is 0 Å². The van der Waals surface area contributed by atoms with Crippen molar-refractivity contribution in [1.29, 1.82) is 0 Å². The van der Waals surface area contributed by atoms with Crippen LogP contribution >= 0.6 is 17.2 Å². The van der Waals surface area contributed by atoms with Gasteiger partial charge in [0.2, 0.25) is 0 Å². The predicted molar refractivity (Wildman–Crippen MR) is 190 cm³/mol. The molecule has 43 heavy (non-hydrogen) atoms. The number of aromatic nitrogens is 2. The van der Waals surface area contributed by atoms with Crippen molar-refractivity contribution in [2.75, 3.05) is 0 Å². The van der Waals surface area contributed by atoms with Gasteiger partial charge in [0.1, 0.15) is 0 Å². The molecule has 4 rings (SSSR count). The van der Waals surface area contributed by atoms with Crippen LogP contribution in [0.5, 0.6) is 0 Å². The SMILES string of the molecule is CC(C)(C)c1cc(C(P)(c2ccccn2)c2ccccn2)[c-](CP(C(C)(C)C)C(C)(C)C)c1C(C)(C)C.[Fe].[cH-]1[cH-][cH-][cH-][cH-]1. The molecule has 0 aliphatic rings. The van der Waals surface area contributed by atoms with Gasteiger partial charge >= 0.3 is 0 Å². The number of hydrogen-bond acceptors (Lipinski definition) is 2. The van der Waals surface area contributed by atoms with E-state index in [1.165, 1.54) is 22.3 Å². The monoisotopic (exact) mass is 656 g/mol. The van der Waals surface area contributed by atoms with Crippen LogP contribution in [-0.2, 0) is 39.2 Å². The van der Waals surface area contributed by atoms with Crippen molar-refractivity contribution in [2.45, 2.75) is 116 Å². The Bertz CT molecular complexity index is 1310. The van der Waals surface area contributed by atoms with E-state index < -0.39 is 5.16 Å². The van der Waals surface area contributed by atoms with Crippen LogP contribution in [0.1, 0.15) is 117 Å². The van der Waals surface area contributed by atoms with Gasteiger partial charge in [-0.25, -0.2) is 6.07 Å². The number of pyridine rings is 2. The number of nitrogens with zero attached hydrogens (tertiary/aromatic N) is 2. The minimum absolute atomic E-state index is 0. The van der Waals surface area contributed by atoms with Crippen LogP contribution in [0, 0.1) is 0 Å². The summed E-state index contributed by atoms with van der Waals surface area (Å²) in [6.45, 7) is 28.8. The van der Waals surface area contributed by atoms with Crippen LogP contribution in [0.2, 0.25) is 0 Å². The summed E-state index contributed by atoms with van der Waals surface area (Å²) in [5.74, 6) is 0. The van der Waals surface area contributed by atoms with Crippen molar-refractivity contribution < 1.29 is 17.1 Å². The van der Waals surface area contributed by atoms with E-state index in [1.807, 2.05) is 54.9 Å². The van der Waals surface area contributed by atoms with Gasteiger partial charge in [-0.1, -0.05) is 107 Å². The van der Waals surface area contributed by atoms with Gasteiger partial charge in [-0.2, -0.15) is 11.1 Å². The van der Waals surface area contributed by atoms with Crippen LogP contribution in [0.15, 0.2) is 85.2 Å². The number of rotatable bonds is 5. The molecule has 1 unspecified atom stereocenters. The fourth-order valence-electron chi connectivity index (χ4n) is 6.12. The molecule has 0 amide bonds. The molecule has 1 atom stereocenters. The molecular formula is C38H54FeN2P2-6. The Balaban J connectivity index is 0.000000973. The second-order valence-corrected chi connectivity index (χ2v) is 20.2. The molecule has 5 heteroatoms. The molecule has 0 saturated heterocycles. The first kappa shape index (κ1) is 37.6. The average molecular weight is 657 g/mol. The molecule has 0 spiro atoms. The molecule has 0 fully saturated rings. The van der Waals surface area contributed by atoms with Crippen molar-refractivity contribution in [3.05, 3.63) is 119 Å². The fourth-order valence-corrected chi connectivity index (χ4v) is 10.3. The summed E-state index contributed by atoms with van der Waals surface area (Å²) in [6, 6.07) is 25.0. The van der Waals surface area contributed by atoms with Crippen molar-refractivity contribution in [3.63, 3.8) is 0 Å². The first-order chi connectivity index (χ1) is 19.3. The summed E-state index contributed by atoms with van der Waals surface area (Å²) in [5, 5.41) is -0.102. The average Bonchev–Trinajstić information content (AvgIpc) is 3.58. The molecule has 4 aromatic rings. The summed E-state index contributed by atoms with van der Waals surface area (Å²) in [7, 11) is 2.86. The quantitative estimate of drug-likeness (QED) is 0.121. The van der Waals surface area contributed by atoms with Gasteiger partial charge in [0.15, 0.2) is 0 Å². The van der Waals surface area contributed by atoms with Gasteiger partial charge in [-0.05, 0) is 40.0 Å². The van der Waals surface area contributed by atoms with E-state index in [0.717, 1.165) is 17.5 Å². The van der Waals surface area contributed by atoms with E-state index >= 15 is 0 Å². The molecular weight excluding hydrogens is 602 g/mol. The molecule has 0 aliphatic heterocycles. The van der Waals surface area contributed by atoms with Gasteiger partial charge in [0.05, 0.1) is 16.5 Å². The summed E-state index contributed by atoms with van der Waals surface area (Å²) in [4.78, 5) is 9.86. The Hall–Kier alpha value is -1.62. The molecule has 0 radical (unpaired) electrons. The second-order valence-electron chi connectivity index (χ2n) is 15.5. The summed E-state index contributed by atoms with van der Waals surface area (Å²) in [5.41, 5.74) is 7.85. The first-order valence-corrected chi connectivity index (χ1v) is 17.3. The summed E-state index contributed by atoms with van der Waals surface area (Å²) < 4.78 is 0. The third-order valence-electron chi connectivity index (χ3n) is 7.80. The van der Waals surface area contributed by atoms with E-state index in [1.54, 1.807) is 0 Å². The molecule has 0 aliphatic carbocycles. The van der Waals surface area contributed by atoms with Gasteiger partial charge in [0, 0.05) is 29.5 Å². The van der Waals surface area contributed by atoms with E-state index in [4.69, 9.17) is 9.97 Å². The van der Waals surface area contributed by atoms with E-state index in [2.05, 4.69) is 123 Å². The Morgan fingerprint density at radius 2 is 1.09 bits per heavy atom. The molecule has 2 aromatic heterocycles. The Kier molecular flexibility index (Phi) is 12.4. The van der Waals surface area contributed by atoms with Gasteiger partial charge < -0.3 is 30.3 Å². The topological polar surface area (TPSA) is 25.8 Å². The van der Waals surface area contributed by atoms with Crippen LogP contribution < -0.4 is 0 Å². The Morgan fingerprint density at radius 1 is 0.674 bits per heavy atom. The van der Waals surface area contributed by atoms with Crippen molar-refractivity contribution in [1.82, 2.24) is 9.97 Å². The maximum absolute atomic E-state index is 4.93. The largest absolute Gasteiger partial charge is 0.748 e. The second kappa shape index (κ2) is 14.2. The molecule has 2 nitrogen and oxygen atoms in total. The van der Waals surface area contributed by atoms with Crippen LogP contribution in [0.4, 0.5) is 0 Å². The van der Waals surface area contributed by atoms with Crippen molar-refractivity contribution >= 4 is 17.2 Å². The zero-order valence-electron chi connectivity index (χ0n) is 28.6. The molecule has 0 saturated carbocycles. The molecule has 2 heterocycles. The minimum atomic E-state index is -0.544. The summed E-state index contributed by atoms with van der Waals surface area (Å²) in [6.07, 6.45) is 4.90. The normalized spacial score (nSPS) is 12.9. The molecule has 0 N–H and O–H groups in total. The molecule has 240 valence electrons. The molecule has 0 bridgehead atoms. The van der Waals surface area contributed by atoms with Crippen LogP contribution in [0.25, 0.3) is 0 Å². The van der Waals surface area contributed by atoms with Crippen LogP contribution in [0.3, 0.4) is 0 Å².